The van der Waals surface area contributed by atoms with E-state index in [-0.39, 0.29) is 6.42 Å². The topological polar surface area (TPSA) is 56.8 Å². The van der Waals surface area contributed by atoms with Gasteiger partial charge in [0, 0.05) is 26.1 Å². The van der Waals surface area contributed by atoms with Crippen molar-refractivity contribution < 1.29 is 13.2 Å². The van der Waals surface area contributed by atoms with Crippen molar-refractivity contribution in [2.45, 2.75) is 25.4 Å². The highest BCUT2D eigenvalue weighted by Gasteiger charge is 2.27. The summed E-state index contributed by atoms with van der Waals surface area (Å²) in [6, 6.07) is 0. The van der Waals surface area contributed by atoms with E-state index in [1.165, 1.54) is 0 Å². The molecule has 0 radical (unpaired) electrons. The summed E-state index contributed by atoms with van der Waals surface area (Å²) >= 11 is 0. The normalized spacial score (nSPS) is 17.8. The molecule has 18 heavy (non-hydrogen) atoms. The second kappa shape index (κ2) is 5.55. The largest absolute Gasteiger partial charge is 0.389 e. The molecule has 0 aromatic carbocycles. The van der Waals surface area contributed by atoms with E-state index < -0.39 is 12.6 Å². The van der Waals surface area contributed by atoms with Crippen LogP contribution in [0.3, 0.4) is 0 Å². The van der Waals surface area contributed by atoms with Crippen molar-refractivity contribution in [3.8, 4) is 0 Å². The summed E-state index contributed by atoms with van der Waals surface area (Å²) in [6.07, 6.45) is -4.20. The fourth-order valence-electron chi connectivity index (χ4n) is 1.84. The zero-order valence-electron chi connectivity index (χ0n) is 9.93. The van der Waals surface area contributed by atoms with Gasteiger partial charge in [-0.05, 0) is 13.0 Å². The number of alkyl halides is 3. The van der Waals surface area contributed by atoms with E-state index >= 15 is 0 Å². The number of aromatic amines is 1. The van der Waals surface area contributed by atoms with Crippen molar-refractivity contribution in [3.63, 3.8) is 0 Å². The molecule has 2 N–H and O–H groups in total. The Morgan fingerprint density at radius 1 is 1.22 bits per heavy atom. The van der Waals surface area contributed by atoms with Crippen molar-refractivity contribution in [3.05, 3.63) is 5.82 Å². The molecular weight excluding hydrogens is 247 g/mol. The average Bonchev–Trinajstić information content (AvgIpc) is 2.60. The molecule has 1 saturated heterocycles. The van der Waals surface area contributed by atoms with Gasteiger partial charge in [0.05, 0.1) is 6.42 Å². The first-order chi connectivity index (χ1) is 8.54. The average molecular weight is 263 g/mol. The van der Waals surface area contributed by atoms with Gasteiger partial charge in [0.15, 0.2) is 0 Å². The Labute approximate surface area is 103 Å². The maximum Gasteiger partial charge on any atom is 0.389 e. The Hall–Kier alpha value is -1.31. The Morgan fingerprint density at radius 3 is 2.83 bits per heavy atom. The lowest BCUT2D eigenvalue weighted by molar-refractivity contribution is -0.134. The Bertz CT molecular complexity index is 368. The zero-order chi connectivity index (χ0) is 13.0. The van der Waals surface area contributed by atoms with Crippen LogP contribution in [0.15, 0.2) is 0 Å². The second-order valence-electron chi connectivity index (χ2n) is 4.29. The predicted octanol–water partition coefficient (Wildman–Crippen LogP) is 1.10. The summed E-state index contributed by atoms with van der Waals surface area (Å²) in [4.78, 5) is 6.09. The van der Waals surface area contributed by atoms with Gasteiger partial charge in [-0.25, -0.2) is 0 Å². The van der Waals surface area contributed by atoms with Crippen molar-refractivity contribution >= 4 is 5.95 Å². The van der Waals surface area contributed by atoms with E-state index in [4.69, 9.17) is 0 Å². The number of anilines is 1. The Balaban J connectivity index is 1.92. The van der Waals surface area contributed by atoms with Crippen LogP contribution in [0.25, 0.3) is 0 Å². The van der Waals surface area contributed by atoms with E-state index in [2.05, 4.69) is 20.5 Å². The van der Waals surface area contributed by atoms with Gasteiger partial charge in [0.2, 0.25) is 5.95 Å². The number of aryl methyl sites for hydroxylation is 1. The molecular formula is C10H16F3N5. The number of halogens is 3. The molecule has 0 amide bonds. The minimum Gasteiger partial charge on any atom is -0.338 e. The van der Waals surface area contributed by atoms with Crippen LogP contribution in [0.1, 0.15) is 18.7 Å². The van der Waals surface area contributed by atoms with Gasteiger partial charge in [-0.2, -0.15) is 18.2 Å². The molecule has 2 heterocycles. The van der Waals surface area contributed by atoms with Crippen molar-refractivity contribution in [1.29, 1.82) is 0 Å². The van der Waals surface area contributed by atoms with E-state index in [0.29, 0.717) is 11.8 Å². The monoisotopic (exact) mass is 263 g/mol. The molecule has 1 aromatic rings. The van der Waals surface area contributed by atoms with Gasteiger partial charge in [-0.15, -0.1) is 5.10 Å². The van der Waals surface area contributed by atoms with Crippen LogP contribution in [0.2, 0.25) is 0 Å². The summed E-state index contributed by atoms with van der Waals surface area (Å²) in [5.41, 5.74) is 0. The van der Waals surface area contributed by atoms with Gasteiger partial charge in [-0.1, -0.05) is 0 Å². The molecule has 0 atom stereocenters. The van der Waals surface area contributed by atoms with Crippen LogP contribution in [0, 0.1) is 0 Å². The van der Waals surface area contributed by atoms with E-state index in [0.717, 1.165) is 32.6 Å². The first kappa shape index (κ1) is 13.1. The van der Waals surface area contributed by atoms with Gasteiger partial charge in [-0.3, -0.25) is 5.10 Å². The van der Waals surface area contributed by atoms with Gasteiger partial charge in [0.25, 0.3) is 0 Å². The summed E-state index contributed by atoms with van der Waals surface area (Å²) in [5.74, 6) is 0.787. The fraction of sp³-hybridized carbons (Fsp3) is 0.800. The van der Waals surface area contributed by atoms with E-state index in [1.54, 1.807) is 0 Å². The molecule has 2 rings (SSSR count). The molecule has 5 nitrogen and oxygen atoms in total. The molecule has 1 aliphatic rings. The number of hydrogen-bond donors (Lipinski definition) is 2. The highest BCUT2D eigenvalue weighted by molar-refractivity contribution is 5.28. The lowest BCUT2D eigenvalue weighted by Crippen LogP contribution is -2.28. The number of rotatable bonds is 3. The summed E-state index contributed by atoms with van der Waals surface area (Å²) in [5, 5.41) is 9.79. The number of hydrogen-bond acceptors (Lipinski definition) is 4. The third-order valence-corrected chi connectivity index (χ3v) is 2.79. The van der Waals surface area contributed by atoms with Crippen LogP contribution >= 0.6 is 0 Å². The van der Waals surface area contributed by atoms with E-state index in [1.807, 2.05) is 4.90 Å². The van der Waals surface area contributed by atoms with Crippen LogP contribution in [0.5, 0.6) is 0 Å². The van der Waals surface area contributed by atoms with Crippen LogP contribution in [-0.4, -0.2) is 47.5 Å². The summed E-state index contributed by atoms with van der Waals surface area (Å²) in [7, 11) is 0. The van der Waals surface area contributed by atoms with E-state index in [9.17, 15) is 13.2 Å². The molecule has 0 spiro atoms. The molecule has 1 aliphatic heterocycles. The molecule has 0 aliphatic carbocycles. The smallest absolute Gasteiger partial charge is 0.338 e. The SMILES string of the molecule is FC(F)(F)CCc1nc(N2CCCNCC2)n[nH]1. The van der Waals surface area contributed by atoms with Crippen molar-refractivity contribution in [1.82, 2.24) is 20.5 Å². The number of nitrogens with zero attached hydrogens (tertiary/aromatic N) is 3. The maximum absolute atomic E-state index is 12.1. The summed E-state index contributed by atoms with van der Waals surface area (Å²) in [6.45, 7) is 3.38. The Morgan fingerprint density at radius 2 is 2.06 bits per heavy atom. The lowest BCUT2D eigenvalue weighted by Gasteiger charge is -2.16. The standard InChI is InChI=1S/C10H16F3N5/c11-10(12,13)3-2-8-15-9(17-16-8)18-6-1-4-14-5-7-18/h14H,1-7H2,(H,15,16,17). The van der Waals surface area contributed by atoms with Crippen LogP contribution in [0.4, 0.5) is 19.1 Å². The molecule has 0 bridgehead atoms. The molecule has 102 valence electrons. The number of nitrogens with one attached hydrogen (secondary N) is 2. The van der Waals surface area contributed by atoms with Crippen LogP contribution < -0.4 is 10.2 Å². The lowest BCUT2D eigenvalue weighted by atomic mass is 10.3. The highest BCUT2D eigenvalue weighted by atomic mass is 19.4. The third kappa shape index (κ3) is 3.86. The number of aromatic nitrogens is 3. The Kier molecular flexibility index (Phi) is 4.05. The third-order valence-electron chi connectivity index (χ3n) is 2.79. The van der Waals surface area contributed by atoms with Gasteiger partial charge in [0.1, 0.15) is 5.82 Å². The summed E-state index contributed by atoms with van der Waals surface area (Å²) < 4.78 is 36.2. The zero-order valence-corrected chi connectivity index (χ0v) is 9.93. The molecule has 1 fully saturated rings. The highest BCUT2D eigenvalue weighted by Crippen LogP contribution is 2.21. The quantitative estimate of drug-likeness (QED) is 0.857. The number of H-pyrrole nitrogens is 1. The van der Waals surface area contributed by atoms with Gasteiger partial charge >= 0.3 is 6.18 Å². The molecule has 1 aromatic heterocycles. The first-order valence-electron chi connectivity index (χ1n) is 5.98. The molecule has 0 saturated carbocycles. The molecule has 0 unspecified atom stereocenters. The minimum absolute atomic E-state index is 0.150. The maximum atomic E-state index is 12.1. The fourth-order valence-corrected chi connectivity index (χ4v) is 1.84. The van der Waals surface area contributed by atoms with Crippen LogP contribution in [-0.2, 0) is 6.42 Å². The van der Waals surface area contributed by atoms with Crippen molar-refractivity contribution in [2.24, 2.45) is 0 Å². The molecule has 8 heteroatoms. The first-order valence-corrected chi connectivity index (χ1v) is 5.98. The minimum atomic E-state index is -4.15. The van der Waals surface area contributed by atoms with Crippen molar-refractivity contribution in [2.75, 3.05) is 31.1 Å². The second-order valence-corrected chi connectivity index (χ2v) is 4.29. The predicted molar refractivity (Wildman–Crippen MR) is 60.5 cm³/mol. The van der Waals surface area contributed by atoms with Gasteiger partial charge < -0.3 is 10.2 Å².